The number of nitrogens with two attached hydrogens (primary N) is 2. The minimum absolute atomic E-state index is 0.787. The summed E-state index contributed by atoms with van der Waals surface area (Å²) in [7, 11) is 0. The summed E-state index contributed by atoms with van der Waals surface area (Å²) in [6, 6.07) is 27.3. The molecule has 0 saturated carbocycles. The van der Waals surface area contributed by atoms with Gasteiger partial charge in [-0.05, 0) is 46.5 Å². The molecule has 0 aliphatic heterocycles. The van der Waals surface area contributed by atoms with Crippen LogP contribution in [0.25, 0.3) is 43.4 Å². The molecule has 0 amide bonds. The van der Waals surface area contributed by atoms with Gasteiger partial charge in [-0.3, -0.25) is 0 Å². The predicted molar refractivity (Wildman–Crippen MR) is 118 cm³/mol. The molecule has 27 heavy (non-hydrogen) atoms. The second kappa shape index (κ2) is 5.75. The van der Waals surface area contributed by atoms with Crippen LogP contribution in [0.4, 0.5) is 11.4 Å². The molecule has 5 rings (SSSR count). The number of benzene rings is 5. The van der Waals surface area contributed by atoms with Crippen molar-refractivity contribution in [2.24, 2.45) is 0 Å². The van der Waals surface area contributed by atoms with Gasteiger partial charge in [-0.15, -0.1) is 0 Å². The fourth-order valence-electron chi connectivity index (χ4n) is 4.12. The Labute approximate surface area is 158 Å². The Morgan fingerprint density at radius 3 is 2.00 bits per heavy atom. The van der Waals surface area contributed by atoms with Gasteiger partial charge in [0.25, 0.3) is 0 Å². The smallest absolute Gasteiger partial charge is 0.0474 e. The van der Waals surface area contributed by atoms with E-state index >= 15 is 0 Å². The lowest BCUT2D eigenvalue weighted by molar-refractivity contribution is 1.47. The molecule has 0 saturated heterocycles. The molecule has 2 nitrogen and oxygen atoms in total. The monoisotopic (exact) mass is 348 g/mol. The number of nitrogen functional groups attached to an aromatic ring is 2. The van der Waals surface area contributed by atoms with Crippen molar-refractivity contribution in [3.8, 4) is 11.1 Å². The zero-order chi connectivity index (χ0) is 18.5. The number of anilines is 2. The van der Waals surface area contributed by atoms with E-state index in [1.807, 2.05) is 12.1 Å². The molecule has 130 valence electrons. The molecule has 4 N–H and O–H groups in total. The number of hydrogen-bond acceptors (Lipinski definition) is 2. The van der Waals surface area contributed by atoms with E-state index in [-0.39, 0.29) is 0 Å². The van der Waals surface area contributed by atoms with E-state index in [4.69, 9.17) is 11.5 Å². The lowest BCUT2D eigenvalue weighted by atomic mass is 9.91. The Morgan fingerprint density at radius 2 is 1.15 bits per heavy atom. The number of aryl methyl sites for hydroxylation is 1. The van der Waals surface area contributed by atoms with E-state index in [0.717, 1.165) is 43.7 Å². The topological polar surface area (TPSA) is 52.0 Å². The predicted octanol–water partition coefficient (Wildman–Crippen LogP) is 6.29. The van der Waals surface area contributed by atoms with Crippen LogP contribution in [0.15, 0.2) is 78.9 Å². The number of hydrogen-bond donors (Lipinski definition) is 2. The third-order valence-corrected chi connectivity index (χ3v) is 5.54. The Balaban J connectivity index is 1.97. The van der Waals surface area contributed by atoms with E-state index in [0.29, 0.717) is 0 Å². The molecule has 0 fully saturated rings. The van der Waals surface area contributed by atoms with Gasteiger partial charge in [0.05, 0.1) is 0 Å². The van der Waals surface area contributed by atoms with Crippen molar-refractivity contribution < 1.29 is 0 Å². The Hall–Kier alpha value is -3.52. The van der Waals surface area contributed by atoms with Crippen molar-refractivity contribution in [2.75, 3.05) is 11.5 Å². The third-order valence-electron chi connectivity index (χ3n) is 5.54. The normalized spacial score (nSPS) is 11.4. The summed E-state index contributed by atoms with van der Waals surface area (Å²) in [4.78, 5) is 0. The van der Waals surface area contributed by atoms with E-state index in [1.165, 1.54) is 16.7 Å². The van der Waals surface area contributed by atoms with Gasteiger partial charge in [0, 0.05) is 32.9 Å². The maximum Gasteiger partial charge on any atom is 0.0474 e. The van der Waals surface area contributed by atoms with Crippen molar-refractivity contribution in [1.82, 2.24) is 0 Å². The maximum absolute atomic E-state index is 6.64. The van der Waals surface area contributed by atoms with Gasteiger partial charge in [0.15, 0.2) is 0 Å². The van der Waals surface area contributed by atoms with Gasteiger partial charge in [-0.1, -0.05) is 66.7 Å². The molecule has 5 aromatic carbocycles. The first-order chi connectivity index (χ1) is 13.1. The minimum atomic E-state index is 0.787. The molecule has 0 radical (unpaired) electrons. The Morgan fingerprint density at radius 1 is 0.519 bits per heavy atom. The van der Waals surface area contributed by atoms with Crippen molar-refractivity contribution in [2.45, 2.75) is 6.92 Å². The van der Waals surface area contributed by atoms with E-state index in [1.54, 1.807) is 0 Å². The van der Waals surface area contributed by atoms with Gasteiger partial charge >= 0.3 is 0 Å². The molecule has 0 heterocycles. The van der Waals surface area contributed by atoms with Crippen LogP contribution in [0.5, 0.6) is 0 Å². The molecule has 0 unspecified atom stereocenters. The highest BCUT2D eigenvalue weighted by Gasteiger charge is 2.13. The van der Waals surface area contributed by atoms with E-state index in [2.05, 4.69) is 73.7 Å². The summed E-state index contributed by atoms with van der Waals surface area (Å²) in [6.45, 7) is 2.14. The average molecular weight is 348 g/mol. The molecular weight excluding hydrogens is 328 g/mol. The van der Waals surface area contributed by atoms with Crippen molar-refractivity contribution >= 4 is 43.7 Å². The van der Waals surface area contributed by atoms with Crippen molar-refractivity contribution in [3.63, 3.8) is 0 Å². The highest BCUT2D eigenvalue weighted by molar-refractivity contribution is 6.21. The van der Waals surface area contributed by atoms with E-state index in [9.17, 15) is 0 Å². The van der Waals surface area contributed by atoms with Crippen LogP contribution >= 0.6 is 0 Å². The zero-order valence-electron chi connectivity index (χ0n) is 15.2. The SMILES string of the molecule is Cc1ccccc1-c1cccc2c(N)c3cc4ccccc4c(N)c3cc12. The van der Waals surface area contributed by atoms with Gasteiger partial charge in [0.2, 0.25) is 0 Å². The molecule has 0 spiro atoms. The maximum atomic E-state index is 6.64. The molecule has 0 bridgehead atoms. The molecule has 0 aliphatic rings. The summed E-state index contributed by atoms with van der Waals surface area (Å²) in [5.74, 6) is 0. The molecule has 0 aliphatic carbocycles. The standard InChI is InChI=1S/C25H20N2/c1-15-7-2-4-9-17(15)19-11-6-12-20-21(19)14-23-22(25(20)27)13-16-8-3-5-10-18(16)24(23)26/h2-14H,26-27H2,1H3. The quantitative estimate of drug-likeness (QED) is 0.276. The Bertz CT molecular complexity index is 1350. The van der Waals surface area contributed by atoms with Crippen molar-refractivity contribution in [3.05, 3.63) is 84.4 Å². The van der Waals surface area contributed by atoms with Crippen LogP contribution in [0.3, 0.4) is 0 Å². The first-order valence-corrected chi connectivity index (χ1v) is 9.13. The van der Waals surface area contributed by atoms with Crippen LogP contribution in [-0.4, -0.2) is 0 Å². The second-order valence-electron chi connectivity index (χ2n) is 7.11. The molecule has 0 atom stereocenters. The summed E-state index contributed by atoms with van der Waals surface area (Å²) < 4.78 is 0. The molecule has 0 aromatic heterocycles. The summed E-state index contributed by atoms with van der Waals surface area (Å²) in [5.41, 5.74) is 18.5. The van der Waals surface area contributed by atoms with Crippen LogP contribution < -0.4 is 11.5 Å². The first-order valence-electron chi connectivity index (χ1n) is 9.13. The average Bonchev–Trinajstić information content (AvgIpc) is 2.70. The number of fused-ring (bicyclic) bond motifs is 3. The fourth-order valence-corrected chi connectivity index (χ4v) is 4.12. The molecule has 5 aromatic rings. The highest BCUT2D eigenvalue weighted by atomic mass is 14.6. The zero-order valence-corrected chi connectivity index (χ0v) is 15.2. The molecule has 2 heteroatoms. The van der Waals surface area contributed by atoms with E-state index < -0.39 is 0 Å². The molecular formula is C25H20N2. The lowest BCUT2D eigenvalue weighted by Crippen LogP contribution is -1.96. The van der Waals surface area contributed by atoms with Crippen LogP contribution in [0.2, 0.25) is 0 Å². The van der Waals surface area contributed by atoms with Crippen LogP contribution in [-0.2, 0) is 0 Å². The highest BCUT2D eigenvalue weighted by Crippen LogP contribution is 2.41. The summed E-state index contributed by atoms with van der Waals surface area (Å²) >= 11 is 0. The first kappa shape index (κ1) is 15.7. The van der Waals surface area contributed by atoms with Crippen molar-refractivity contribution in [1.29, 1.82) is 0 Å². The minimum Gasteiger partial charge on any atom is -0.398 e. The largest absolute Gasteiger partial charge is 0.398 e. The fraction of sp³-hybridized carbons (Fsp3) is 0.0400. The summed E-state index contributed by atoms with van der Waals surface area (Å²) in [6.07, 6.45) is 0. The van der Waals surface area contributed by atoms with Crippen LogP contribution in [0.1, 0.15) is 5.56 Å². The van der Waals surface area contributed by atoms with Crippen LogP contribution in [0, 0.1) is 6.92 Å². The second-order valence-corrected chi connectivity index (χ2v) is 7.11. The lowest BCUT2D eigenvalue weighted by Gasteiger charge is -2.15. The van der Waals surface area contributed by atoms with Gasteiger partial charge < -0.3 is 11.5 Å². The number of rotatable bonds is 1. The summed E-state index contributed by atoms with van der Waals surface area (Å²) in [5, 5.41) is 6.41. The van der Waals surface area contributed by atoms with Gasteiger partial charge in [-0.25, -0.2) is 0 Å². The van der Waals surface area contributed by atoms with Gasteiger partial charge in [0.1, 0.15) is 0 Å². The van der Waals surface area contributed by atoms with Gasteiger partial charge in [-0.2, -0.15) is 0 Å². The Kier molecular flexibility index (Phi) is 3.34. The third kappa shape index (κ3) is 2.27.